The lowest BCUT2D eigenvalue weighted by atomic mass is 10.0. The van der Waals surface area contributed by atoms with Crippen LogP contribution in [-0.4, -0.2) is 0 Å². The smallest absolute Gasteiger partial charge is 0.0439 e. The van der Waals surface area contributed by atoms with Gasteiger partial charge in [0, 0.05) is 14.3 Å². The zero-order chi connectivity index (χ0) is 13.1. The van der Waals surface area contributed by atoms with Crippen LogP contribution in [0.15, 0.2) is 46.9 Å². The zero-order valence-electron chi connectivity index (χ0n) is 9.96. The average molecular weight is 389 g/mol. The average Bonchev–Trinajstić information content (AvgIpc) is 2.35. The Labute approximate surface area is 130 Å². The van der Waals surface area contributed by atoms with Crippen LogP contribution in [0.3, 0.4) is 0 Å². The normalized spacial score (nSPS) is 12.4. The highest BCUT2D eigenvalue weighted by atomic mass is 79.9. The maximum absolute atomic E-state index is 6.20. The molecule has 0 amide bonds. The first-order valence-corrected chi connectivity index (χ1v) is 7.80. The summed E-state index contributed by atoms with van der Waals surface area (Å²) in [6, 6.07) is 14.3. The minimum atomic E-state index is 0.273. The Kier molecular flexibility index (Phi) is 4.88. The van der Waals surface area contributed by atoms with E-state index >= 15 is 0 Å². The largest absolute Gasteiger partial charge is 0.0840 e. The number of halogens is 3. The molecule has 0 aliphatic heterocycles. The summed E-state index contributed by atoms with van der Waals surface area (Å²) in [5, 5.41) is 0.828. The molecule has 2 rings (SSSR count). The summed E-state index contributed by atoms with van der Waals surface area (Å²) in [5.41, 5.74) is 3.73. The Balaban J connectivity index is 2.25. The second-order valence-electron chi connectivity index (χ2n) is 4.22. The van der Waals surface area contributed by atoms with Crippen LogP contribution in [0.1, 0.15) is 21.5 Å². The fraction of sp³-hybridized carbons (Fsp3) is 0.200. The van der Waals surface area contributed by atoms with Gasteiger partial charge in [0.1, 0.15) is 0 Å². The van der Waals surface area contributed by atoms with Crippen molar-refractivity contribution in [1.82, 2.24) is 0 Å². The number of hydrogen-bond donors (Lipinski definition) is 0. The first-order valence-electron chi connectivity index (χ1n) is 5.72. The van der Waals surface area contributed by atoms with E-state index < -0.39 is 0 Å². The molecule has 0 saturated carbocycles. The van der Waals surface area contributed by atoms with Crippen molar-refractivity contribution in [2.75, 3.05) is 0 Å². The third-order valence-electron chi connectivity index (χ3n) is 3.00. The highest BCUT2D eigenvalue weighted by molar-refractivity contribution is 9.10. The summed E-state index contributed by atoms with van der Waals surface area (Å²) in [7, 11) is 0. The van der Waals surface area contributed by atoms with Crippen LogP contribution in [0.4, 0.5) is 0 Å². The summed E-state index contributed by atoms with van der Waals surface area (Å²) < 4.78 is 1.14. The SMILES string of the molecule is Cc1c(Br)cccc1C(Br)Cc1ccccc1Cl. The van der Waals surface area contributed by atoms with Crippen LogP contribution in [0, 0.1) is 6.92 Å². The number of hydrogen-bond acceptors (Lipinski definition) is 0. The molecule has 2 aromatic rings. The van der Waals surface area contributed by atoms with E-state index in [4.69, 9.17) is 11.6 Å². The number of alkyl halides is 1. The van der Waals surface area contributed by atoms with Crippen LogP contribution in [0.2, 0.25) is 5.02 Å². The molecule has 0 spiro atoms. The molecule has 0 saturated heterocycles. The monoisotopic (exact) mass is 386 g/mol. The summed E-state index contributed by atoms with van der Waals surface area (Å²) in [4.78, 5) is 0.273. The van der Waals surface area contributed by atoms with Gasteiger partial charge < -0.3 is 0 Å². The molecule has 0 bridgehead atoms. The molecule has 1 atom stereocenters. The molecule has 2 aromatic carbocycles. The molecule has 0 radical (unpaired) electrons. The Bertz CT molecular complexity index is 552. The van der Waals surface area contributed by atoms with Gasteiger partial charge in [-0.15, -0.1) is 0 Å². The van der Waals surface area contributed by atoms with Gasteiger partial charge in [0.05, 0.1) is 0 Å². The van der Waals surface area contributed by atoms with E-state index in [1.807, 2.05) is 18.2 Å². The van der Waals surface area contributed by atoms with Crippen molar-refractivity contribution in [3.8, 4) is 0 Å². The lowest BCUT2D eigenvalue weighted by molar-refractivity contribution is 0.936. The lowest BCUT2D eigenvalue weighted by Gasteiger charge is -2.15. The van der Waals surface area contributed by atoms with Crippen LogP contribution in [0.25, 0.3) is 0 Å². The van der Waals surface area contributed by atoms with Crippen molar-refractivity contribution >= 4 is 43.5 Å². The molecule has 1 unspecified atom stereocenters. The molecule has 0 aliphatic rings. The molecule has 0 aromatic heterocycles. The van der Waals surface area contributed by atoms with Crippen molar-refractivity contribution in [2.24, 2.45) is 0 Å². The Morgan fingerprint density at radius 3 is 2.56 bits per heavy atom. The predicted octanol–water partition coefficient (Wildman–Crippen LogP) is 6.09. The van der Waals surface area contributed by atoms with Crippen molar-refractivity contribution < 1.29 is 0 Å². The lowest BCUT2D eigenvalue weighted by Crippen LogP contribution is -1.99. The Morgan fingerprint density at radius 2 is 1.83 bits per heavy atom. The Morgan fingerprint density at radius 1 is 1.11 bits per heavy atom. The van der Waals surface area contributed by atoms with E-state index in [-0.39, 0.29) is 4.83 Å². The van der Waals surface area contributed by atoms with E-state index in [2.05, 4.69) is 63.0 Å². The second kappa shape index (κ2) is 6.23. The minimum absolute atomic E-state index is 0.273. The summed E-state index contributed by atoms with van der Waals surface area (Å²) in [6.45, 7) is 2.13. The van der Waals surface area contributed by atoms with Gasteiger partial charge in [-0.1, -0.05) is 73.8 Å². The van der Waals surface area contributed by atoms with Crippen LogP contribution < -0.4 is 0 Å². The first-order chi connectivity index (χ1) is 8.59. The third-order valence-corrected chi connectivity index (χ3v) is 5.05. The fourth-order valence-corrected chi connectivity index (χ4v) is 3.37. The molecule has 0 aliphatic carbocycles. The van der Waals surface area contributed by atoms with Crippen LogP contribution in [0.5, 0.6) is 0 Å². The van der Waals surface area contributed by atoms with Crippen LogP contribution >= 0.6 is 43.5 Å². The minimum Gasteiger partial charge on any atom is -0.0840 e. The summed E-state index contributed by atoms with van der Waals surface area (Å²) >= 11 is 13.5. The van der Waals surface area contributed by atoms with Crippen molar-refractivity contribution in [3.05, 3.63) is 68.7 Å². The standard InChI is InChI=1S/C15H13Br2Cl/c1-10-12(6-4-7-13(10)16)14(17)9-11-5-2-3-8-15(11)18/h2-8,14H,9H2,1H3. The summed E-state index contributed by atoms with van der Waals surface area (Å²) in [5.74, 6) is 0. The highest BCUT2D eigenvalue weighted by Crippen LogP contribution is 2.33. The van der Waals surface area contributed by atoms with Gasteiger partial charge in [-0.25, -0.2) is 0 Å². The molecular formula is C15H13Br2Cl. The van der Waals surface area contributed by atoms with Crippen LogP contribution in [-0.2, 0) is 6.42 Å². The van der Waals surface area contributed by atoms with Gasteiger partial charge in [-0.2, -0.15) is 0 Å². The topological polar surface area (TPSA) is 0 Å². The van der Waals surface area contributed by atoms with E-state index in [0.29, 0.717) is 0 Å². The molecule has 94 valence electrons. The molecule has 18 heavy (non-hydrogen) atoms. The third kappa shape index (κ3) is 3.17. The maximum atomic E-state index is 6.20. The maximum Gasteiger partial charge on any atom is 0.0439 e. The predicted molar refractivity (Wildman–Crippen MR) is 85.7 cm³/mol. The number of rotatable bonds is 3. The second-order valence-corrected chi connectivity index (χ2v) is 6.58. The number of benzene rings is 2. The molecule has 0 nitrogen and oxygen atoms in total. The van der Waals surface area contributed by atoms with Gasteiger partial charge >= 0.3 is 0 Å². The zero-order valence-corrected chi connectivity index (χ0v) is 13.9. The van der Waals surface area contributed by atoms with E-state index in [1.54, 1.807) is 0 Å². The molecular weight excluding hydrogens is 375 g/mol. The molecule has 0 fully saturated rings. The highest BCUT2D eigenvalue weighted by Gasteiger charge is 2.13. The molecule has 0 N–H and O–H groups in total. The first kappa shape index (κ1) is 14.1. The Hall–Kier alpha value is -0.310. The molecule has 0 heterocycles. The quantitative estimate of drug-likeness (QED) is 0.558. The van der Waals surface area contributed by atoms with Gasteiger partial charge in [-0.3, -0.25) is 0 Å². The van der Waals surface area contributed by atoms with Gasteiger partial charge in [-0.05, 0) is 42.2 Å². The van der Waals surface area contributed by atoms with E-state index in [1.165, 1.54) is 16.7 Å². The van der Waals surface area contributed by atoms with Crippen molar-refractivity contribution in [3.63, 3.8) is 0 Å². The van der Waals surface area contributed by atoms with Gasteiger partial charge in [0.2, 0.25) is 0 Å². The fourth-order valence-electron chi connectivity index (χ4n) is 1.93. The van der Waals surface area contributed by atoms with E-state index in [0.717, 1.165) is 15.9 Å². The van der Waals surface area contributed by atoms with Gasteiger partial charge in [0.15, 0.2) is 0 Å². The van der Waals surface area contributed by atoms with Crippen molar-refractivity contribution in [2.45, 2.75) is 18.2 Å². The van der Waals surface area contributed by atoms with E-state index in [9.17, 15) is 0 Å². The van der Waals surface area contributed by atoms with Gasteiger partial charge in [0.25, 0.3) is 0 Å². The van der Waals surface area contributed by atoms with Crippen molar-refractivity contribution in [1.29, 1.82) is 0 Å². The summed E-state index contributed by atoms with van der Waals surface area (Å²) in [6.07, 6.45) is 0.886. The molecule has 3 heteroatoms.